The Morgan fingerprint density at radius 1 is 1.00 bits per heavy atom. The van der Waals surface area contributed by atoms with E-state index < -0.39 is 5.97 Å². The molecule has 0 aliphatic carbocycles. The van der Waals surface area contributed by atoms with Gasteiger partial charge in [0.05, 0.1) is 25.6 Å². The van der Waals surface area contributed by atoms with E-state index in [0.717, 1.165) is 33.5 Å². The molecule has 4 aromatic rings. The van der Waals surface area contributed by atoms with Gasteiger partial charge in [-0.15, -0.1) is 11.3 Å². The summed E-state index contributed by atoms with van der Waals surface area (Å²) >= 11 is 1.24. The summed E-state index contributed by atoms with van der Waals surface area (Å²) < 4.78 is 10.5. The summed E-state index contributed by atoms with van der Waals surface area (Å²) in [6, 6.07) is 19.6. The summed E-state index contributed by atoms with van der Waals surface area (Å²) in [5, 5.41) is 0.731. The molecule has 0 radical (unpaired) electrons. The van der Waals surface area contributed by atoms with Crippen LogP contribution in [0.5, 0.6) is 5.75 Å². The summed E-state index contributed by atoms with van der Waals surface area (Å²) in [6.45, 7) is 0. The quantitative estimate of drug-likeness (QED) is 0.496. The molecule has 28 heavy (non-hydrogen) atoms. The van der Waals surface area contributed by atoms with Crippen LogP contribution in [-0.4, -0.2) is 25.2 Å². The number of ether oxygens (including phenoxy) is 2. The predicted octanol–water partition coefficient (Wildman–Crippen LogP) is 5.01. The van der Waals surface area contributed by atoms with E-state index in [4.69, 9.17) is 20.2 Å². The van der Waals surface area contributed by atoms with Crippen LogP contribution in [0, 0.1) is 0 Å². The number of aromatic nitrogens is 1. The Bertz CT molecular complexity index is 1170. The number of carbonyl (C=O) groups is 1. The van der Waals surface area contributed by atoms with E-state index in [0.29, 0.717) is 15.4 Å². The maximum atomic E-state index is 12.2. The molecule has 5 nitrogen and oxygen atoms in total. The van der Waals surface area contributed by atoms with Crippen molar-refractivity contribution in [1.29, 1.82) is 0 Å². The van der Waals surface area contributed by atoms with E-state index in [9.17, 15) is 4.79 Å². The van der Waals surface area contributed by atoms with Crippen molar-refractivity contribution in [2.24, 2.45) is 0 Å². The molecule has 140 valence electrons. The number of carbonyl (C=O) groups excluding carboxylic acids is 1. The SMILES string of the molecule is COC(=O)c1sc2nc(-c3ccccc3)cc(-c3ccccc3OC)c2c1N. The summed E-state index contributed by atoms with van der Waals surface area (Å²) in [7, 11) is 2.97. The van der Waals surface area contributed by atoms with E-state index in [2.05, 4.69) is 0 Å². The fourth-order valence-electron chi connectivity index (χ4n) is 3.20. The highest BCUT2D eigenvalue weighted by molar-refractivity contribution is 7.21. The number of nitrogen functional groups attached to an aromatic ring is 1. The van der Waals surface area contributed by atoms with E-state index in [1.54, 1.807) is 7.11 Å². The lowest BCUT2D eigenvalue weighted by atomic mass is 9.98. The summed E-state index contributed by atoms with van der Waals surface area (Å²) in [4.78, 5) is 18.0. The molecule has 2 aromatic carbocycles. The number of nitrogens with zero attached hydrogens (tertiary/aromatic N) is 1. The molecule has 0 saturated heterocycles. The number of fused-ring (bicyclic) bond motifs is 1. The fraction of sp³-hybridized carbons (Fsp3) is 0.0909. The molecule has 0 bridgehead atoms. The van der Waals surface area contributed by atoms with Gasteiger partial charge in [0.15, 0.2) is 0 Å². The Balaban J connectivity index is 2.08. The second kappa shape index (κ2) is 7.32. The van der Waals surface area contributed by atoms with Crippen LogP contribution < -0.4 is 10.5 Å². The zero-order chi connectivity index (χ0) is 19.7. The number of rotatable bonds is 4. The molecule has 0 fully saturated rings. The maximum absolute atomic E-state index is 12.2. The van der Waals surface area contributed by atoms with Gasteiger partial charge in [0.2, 0.25) is 0 Å². The lowest BCUT2D eigenvalue weighted by Gasteiger charge is -2.12. The van der Waals surface area contributed by atoms with Gasteiger partial charge in [-0.05, 0) is 17.7 Å². The monoisotopic (exact) mass is 390 g/mol. The Morgan fingerprint density at radius 2 is 1.71 bits per heavy atom. The first-order valence-corrected chi connectivity index (χ1v) is 9.45. The number of benzene rings is 2. The van der Waals surface area contributed by atoms with Gasteiger partial charge >= 0.3 is 5.97 Å². The molecule has 2 N–H and O–H groups in total. The fourth-order valence-corrected chi connectivity index (χ4v) is 4.24. The molecule has 0 spiro atoms. The predicted molar refractivity (Wildman–Crippen MR) is 113 cm³/mol. The second-order valence-electron chi connectivity index (χ2n) is 6.14. The average molecular weight is 390 g/mol. The normalized spacial score (nSPS) is 10.8. The number of anilines is 1. The Hall–Kier alpha value is -3.38. The standard InChI is InChI=1S/C22H18N2O3S/c1-26-17-11-7-6-10-14(17)15-12-16(13-8-4-3-5-9-13)24-21-18(15)19(23)20(28-21)22(25)27-2/h3-12H,23H2,1-2H3. The van der Waals surface area contributed by atoms with Crippen LogP contribution in [0.3, 0.4) is 0 Å². The number of thiophene rings is 1. The minimum absolute atomic E-state index is 0.353. The minimum Gasteiger partial charge on any atom is -0.496 e. The van der Waals surface area contributed by atoms with Gasteiger partial charge < -0.3 is 15.2 Å². The molecular weight excluding hydrogens is 372 g/mol. The third-order valence-electron chi connectivity index (χ3n) is 4.54. The van der Waals surface area contributed by atoms with Gasteiger partial charge in [-0.1, -0.05) is 48.5 Å². The highest BCUT2D eigenvalue weighted by Crippen LogP contribution is 2.43. The number of hydrogen-bond donors (Lipinski definition) is 1. The number of hydrogen-bond acceptors (Lipinski definition) is 6. The largest absolute Gasteiger partial charge is 0.496 e. The molecule has 0 aliphatic rings. The molecule has 0 atom stereocenters. The first-order valence-electron chi connectivity index (χ1n) is 8.64. The number of methoxy groups -OCH3 is 2. The summed E-state index contributed by atoms with van der Waals surface area (Å²) in [5.41, 5.74) is 10.3. The Labute approximate surface area is 166 Å². The maximum Gasteiger partial charge on any atom is 0.350 e. The highest BCUT2D eigenvalue weighted by Gasteiger charge is 2.23. The molecule has 4 rings (SSSR count). The Morgan fingerprint density at radius 3 is 2.43 bits per heavy atom. The van der Waals surface area contributed by atoms with Gasteiger partial charge in [0, 0.05) is 16.5 Å². The average Bonchev–Trinajstić information content (AvgIpc) is 3.09. The Kier molecular flexibility index (Phi) is 4.71. The molecule has 0 aliphatic heterocycles. The third-order valence-corrected chi connectivity index (χ3v) is 5.62. The van der Waals surface area contributed by atoms with Crippen LogP contribution in [0.4, 0.5) is 5.69 Å². The molecule has 2 aromatic heterocycles. The highest BCUT2D eigenvalue weighted by atomic mass is 32.1. The molecule has 0 unspecified atom stereocenters. The molecular formula is C22H18N2O3S. The molecule has 6 heteroatoms. The van der Waals surface area contributed by atoms with Crippen molar-refractivity contribution in [2.45, 2.75) is 0 Å². The van der Waals surface area contributed by atoms with E-state index in [1.165, 1.54) is 18.4 Å². The van der Waals surface area contributed by atoms with Crippen molar-refractivity contribution in [2.75, 3.05) is 20.0 Å². The first-order chi connectivity index (χ1) is 13.6. The van der Waals surface area contributed by atoms with E-state index >= 15 is 0 Å². The van der Waals surface area contributed by atoms with Crippen LogP contribution in [0.2, 0.25) is 0 Å². The van der Waals surface area contributed by atoms with Crippen LogP contribution in [0.25, 0.3) is 32.6 Å². The van der Waals surface area contributed by atoms with Crippen molar-refractivity contribution in [3.05, 3.63) is 65.5 Å². The molecule has 2 heterocycles. The van der Waals surface area contributed by atoms with Crippen molar-refractivity contribution in [3.63, 3.8) is 0 Å². The lowest BCUT2D eigenvalue weighted by Crippen LogP contribution is -2.01. The van der Waals surface area contributed by atoms with E-state index in [-0.39, 0.29) is 0 Å². The zero-order valence-corrected chi connectivity index (χ0v) is 16.2. The summed E-state index contributed by atoms with van der Waals surface area (Å²) in [6.07, 6.45) is 0. The zero-order valence-electron chi connectivity index (χ0n) is 15.4. The number of nitrogens with two attached hydrogens (primary N) is 1. The van der Waals surface area contributed by atoms with Gasteiger partial charge in [0.1, 0.15) is 15.5 Å². The molecule has 0 amide bonds. The van der Waals surface area contributed by atoms with Crippen molar-refractivity contribution >= 4 is 33.2 Å². The van der Waals surface area contributed by atoms with Crippen molar-refractivity contribution in [3.8, 4) is 28.1 Å². The van der Waals surface area contributed by atoms with Crippen molar-refractivity contribution < 1.29 is 14.3 Å². The van der Waals surface area contributed by atoms with Crippen LogP contribution in [0.1, 0.15) is 9.67 Å². The van der Waals surface area contributed by atoms with Gasteiger partial charge in [-0.25, -0.2) is 9.78 Å². The second-order valence-corrected chi connectivity index (χ2v) is 7.14. The molecule has 0 saturated carbocycles. The number of pyridine rings is 1. The smallest absolute Gasteiger partial charge is 0.350 e. The summed E-state index contributed by atoms with van der Waals surface area (Å²) in [5.74, 6) is 0.256. The minimum atomic E-state index is -0.465. The topological polar surface area (TPSA) is 74.4 Å². The number of esters is 1. The third kappa shape index (κ3) is 2.97. The van der Waals surface area contributed by atoms with Crippen LogP contribution in [-0.2, 0) is 4.74 Å². The number of para-hydroxylation sites is 1. The van der Waals surface area contributed by atoms with Crippen molar-refractivity contribution in [1.82, 2.24) is 4.98 Å². The van der Waals surface area contributed by atoms with Gasteiger partial charge in [-0.3, -0.25) is 0 Å². The van der Waals surface area contributed by atoms with Crippen LogP contribution in [0.15, 0.2) is 60.7 Å². The lowest BCUT2D eigenvalue weighted by molar-refractivity contribution is 0.0607. The van der Waals surface area contributed by atoms with Crippen LogP contribution >= 0.6 is 11.3 Å². The van der Waals surface area contributed by atoms with E-state index in [1.807, 2.05) is 60.7 Å². The van der Waals surface area contributed by atoms with Gasteiger partial charge in [-0.2, -0.15) is 0 Å². The van der Waals surface area contributed by atoms with Gasteiger partial charge in [0.25, 0.3) is 0 Å². The first kappa shape index (κ1) is 18.0.